The quantitative estimate of drug-likeness (QED) is 0.286. The molecule has 0 bridgehead atoms. The SMILES string of the molecule is CCCCCC(CCCC(CCCCC(C)CC(=O)OC)C(N)=O)OC(C)=O. The van der Waals surface area contributed by atoms with E-state index in [1.165, 1.54) is 14.0 Å². The lowest BCUT2D eigenvalue weighted by Crippen LogP contribution is -2.24. The van der Waals surface area contributed by atoms with Gasteiger partial charge in [-0.1, -0.05) is 46.0 Å². The third-order valence-electron chi connectivity index (χ3n) is 5.19. The Balaban J connectivity index is 4.19. The number of carbonyl (C=O) groups is 3. The van der Waals surface area contributed by atoms with Crippen molar-refractivity contribution in [3.63, 3.8) is 0 Å². The van der Waals surface area contributed by atoms with Gasteiger partial charge in [0.15, 0.2) is 0 Å². The first-order valence-electron chi connectivity index (χ1n) is 10.8. The number of methoxy groups -OCH3 is 1. The highest BCUT2D eigenvalue weighted by Gasteiger charge is 2.18. The molecular formula is C22H41NO5. The molecule has 0 saturated carbocycles. The summed E-state index contributed by atoms with van der Waals surface area (Å²) in [6.07, 6.45) is 10.5. The number of primary amides is 1. The highest BCUT2D eigenvalue weighted by atomic mass is 16.5. The van der Waals surface area contributed by atoms with Crippen molar-refractivity contribution in [3.05, 3.63) is 0 Å². The van der Waals surface area contributed by atoms with Gasteiger partial charge in [-0.3, -0.25) is 14.4 Å². The second-order valence-electron chi connectivity index (χ2n) is 7.93. The number of ether oxygens (including phenoxy) is 2. The smallest absolute Gasteiger partial charge is 0.305 e. The van der Waals surface area contributed by atoms with E-state index in [9.17, 15) is 14.4 Å². The lowest BCUT2D eigenvalue weighted by atomic mass is 9.92. The Hall–Kier alpha value is -1.59. The fourth-order valence-corrected chi connectivity index (χ4v) is 3.49. The van der Waals surface area contributed by atoms with Crippen LogP contribution in [-0.2, 0) is 23.9 Å². The first kappa shape index (κ1) is 26.4. The molecule has 0 saturated heterocycles. The summed E-state index contributed by atoms with van der Waals surface area (Å²) in [5, 5.41) is 0. The van der Waals surface area contributed by atoms with Gasteiger partial charge >= 0.3 is 11.9 Å². The molecule has 0 fully saturated rings. The number of nitrogens with two attached hydrogens (primary N) is 1. The Bertz CT molecular complexity index is 452. The van der Waals surface area contributed by atoms with Crippen molar-refractivity contribution >= 4 is 17.8 Å². The van der Waals surface area contributed by atoms with E-state index < -0.39 is 0 Å². The van der Waals surface area contributed by atoms with Gasteiger partial charge in [0.25, 0.3) is 0 Å². The first-order valence-corrected chi connectivity index (χ1v) is 10.8. The molecule has 3 unspecified atom stereocenters. The Morgan fingerprint density at radius 2 is 1.46 bits per heavy atom. The summed E-state index contributed by atoms with van der Waals surface area (Å²) in [4.78, 5) is 34.3. The van der Waals surface area contributed by atoms with Crippen LogP contribution in [0, 0.1) is 11.8 Å². The number of esters is 2. The Morgan fingerprint density at radius 3 is 2.04 bits per heavy atom. The highest BCUT2D eigenvalue weighted by molar-refractivity contribution is 5.76. The van der Waals surface area contributed by atoms with Gasteiger partial charge in [0.1, 0.15) is 6.10 Å². The zero-order chi connectivity index (χ0) is 21.4. The minimum Gasteiger partial charge on any atom is -0.469 e. The van der Waals surface area contributed by atoms with Gasteiger partial charge < -0.3 is 15.2 Å². The maximum absolute atomic E-state index is 11.8. The third kappa shape index (κ3) is 14.5. The molecule has 1 amide bonds. The fraction of sp³-hybridized carbons (Fsp3) is 0.864. The number of hydrogen-bond acceptors (Lipinski definition) is 5. The van der Waals surface area contributed by atoms with Crippen LogP contribution >= 0.6 is 0 Å². The predicted molar refractivity (Wildman–Crippen MR) is 110 cm³/mol. The van der Waals surface area contributed by atoms with Crippen molar-refractivity contribution in [1.29, 1.82) is 0 Å². The molecule has 3 atom stereocenters. The zero-order valence-electron chi connectivity index (χ0n) is 18.3. The largest absolute Gasteiger partial charge is 0.469 e. The van der Waals surface area contributed by atoms with Gasteiger partial charge in [-0.15, -0.1) is 0 Å². The van der Waals surface area contributed by atoms with Crippen molar-refractivity contribution in [3.8, 4) is 0 Å². The molecule has 6 nitrogen and oxygen atoms in total. The molecule has 0 aliphatic rings. The van der Waals surface area contributed by atoms with Crippen LogP contribution in [0.4, 0.5) is 0 Å². The standard InChI is InChI=1S/C22H41NO5/c1-5-6-7-14-20(28-18(3)24)15-10-13-19(22(23)26)12-9-8-11-17(2)16-21(25)27-4/h17,19-20H,5-16H2,1-4H3,(H2,23,26). The molecule has 0 rings (SSSR count). The van der Waals surface area contributed by atoms with Crippen molar-refractivity contribution in [2.75, 3.05) is 7.11 Å². The van der Waals surface area contributed by atoms with Crippen molar-refractivity contribution in [2.24, 2.45) is 17.6 Å². The molecule has 0 aliphatic heterocycles. The predicted octanol–water partition coefficient (Wildman–Crippen LogP) is 4.53. The summed E-state index contributed by atoms with van der Waals surface area (Å²) >= 11 is 0. The Labute approximate surface area is 170 Å². The van der Waals surface area contributed by atoms with Crippen LogP contribution in [0.2, 0.25) is 0 Å². The van der Waals surface area contributed by atoms with Crippen LogP contribution in [0.5, 0.6) is 0 Å². The normalized spacial score (nSPS) is 14.1. The van der Waals surface area contributed by atoms with Crippen LogP contribution in [0.15, 0.2) is 0 Å². The van der Waals surface area contributed by atoms with Gasteiger partial charge in [0.05, 0.1) is 7.11 Å². The van der Waals surface area contributed by atoms with E-state index >= 15 is 0 Å². The third-order valence-corrected chi connectivity index (χ3v) is 5.19. The number of hydrogen-bond donors (Lipinski definition) is 1. The zero-order valence-corrected chi connectivity index (χ0v) is 18.3. The van der Waals surface area contributed by atoms with Crippen LogP contribution in [0.25, 0.3) is 0 Å². The lowest BCUT2D eigenvalue weighted by molar-refractivity contribution is -0.147. The Kier molecular flexibility index (Phi) is 15.4. The van der Waals surface area contributed by atoms with Crippen LogP contribution < -0.4 is 5.73 Å². The second-order valence-corrected chi connectivity index (χ2v) is 7.93. The summed E-state index contributed by atoms with van der Waals surface area (Å²) < 4.78 is 10.1. The summed E-state index contributed by atoms with van der Waals surface area (Å²) in [6, 6.07) is 0. The number of unbranched alkanes of at least 4 members (excludes halogenated alkanes) is 3. The summed E-state index contributed by atoms with van der Waals surface area (Å²) in [5.41, 5.74) is 5.57. The summed E-state index contributed by atoms with van der Waals surface area (Å²) in [6.45, 7) is 5.63. The molecule has 164 valence electrons. The van der Waals surface area contributed by atoms with E-state index in [0.29, 0.717) is 6.42 Å². The van der Waals surface area contributed by atoms with E-state index in [0.717, 1.165) is 70.6 Å². The Morgan fingerprint density at radius 1 is 0.893 bits per heavy atom. The molecule has 0 spiro atoms. The van der Waals surface area contributed by atoms with E-state index in [1.807, 2.05) is 6.92 Å². The number of rotatable bonds is 17. The highest BCUT2D eigenvalue weighted by Crippen LogP contribution is 2.21. The summed E-state index contributed by atoms with van der Waals surface area (Å²) in [7, 11) is 1.41. The molecular weight excluding hydrogens is 358 g/mol. The maximum atomic E-state index is 11.8. The molecule has 6 heteroatoms. The molecule has 28 heavy (non-hydrogen) atoms. The molecule has 0 aromatic carbocycles. The van der Waals surface area contributed by atoms with E-state index in [4.69, 9.17) is 10.5 Å². The van der Waals surface area contributed by atoms with Gasteiger partial charge in [-0.25, -0.2) is 0 Å². The van der Waals surface area contributed by atoms with E-state index in [2.05, 4.69) is 11.7 Å². The average Bonchev–Trinajstić information content (AvgIpc) is 2.62. The van der Waals surface area contributed by atoms with Crippen LogP contribution in [0.3, 0.4) is 0 Å². The van der Waals surface area contributed by atoms with Crippen LogP contribution in [-0.4, -0.2) is 31.1 Å². The van der Waals surface area contributed by atoms with Gasteiger partial charge in [-0.2, -0.15) is 0 Å². The minimum absolute atomic E-state index is 0.0586. The van der Waals surface area contributed by atoms with Crippen molar-refractivity contribution in [2.45, 2.75) is 104 Å². The molecule has 0 aromatic heterocycles. The molecule has 2 N–H and O–H groups in total. The molecule has 0 heterocycles. The van der Waals surface area contributed by atoms with E-state index in [1.54, 1.807) is 0 Å². The average molecular weight is 400 g/mol. The van der Waals surface area contributed by atoms with Gasteiger partial charge in [0, 0.05) is 19.3 Å². The monoisotopic (exact) mass is 399 g/mol. The second kappa shape index (κ2) is 16.4. The van der Waals surface area contributed by atoms with E-state index in [-0.39, 0.29) is 35.8 Å². The number of amides is 1. The maximum Gasteiger partial charge on any atom is 0.305 e. The van der Waals surface area contributed by atoms with Gasteiger partial charge in [0.2, 0.25) is 5.91 Å². The lowest BCUT2D eigenvalue weighted by Gasteiger charge is -2.19. The van der Waals surface area contributed by atoms with Crippen molar-refractivity contribution < 1.29 is 23.9 Å². The van der Waals surface area contributed by atoms with Gasteiger partial charge in [-0.05, 0) is 44.4 Å². The minimum atomic E-state index is -0.252. The number of carbonyl (C=O) groups excluding carboxylic acids is 3. The van der Waals surface area contributed by atoms with Crippen LogP contribution in [0.1, 0.15) is 97.8 Å². The molecule has 0 aromatic rings. The van der Waals surface area contributed by atoms with Crippen molar-refractivity contribution in [1.82, 2.24) is 0 Å². The topological polar surface area (TPSA) is 95.7 Å². The summed E-state index contributed by atoms with van der Waals surface area (Å²) in [5.74, 6) is -0.521. The molecule has 0 aliphatic carbocycles. The first-order chi connectivity index (χ1) is 13.3. The molecule has 0 radical (unpaired) electrons. The fourth-order valence-electron chi connectivity index (χ4n) is 3.49.